The Bertz CT molecular complexity index is 1040. The third kappa shape index (κ3) is 74.7. The summed E-state index contributed by atoms with van der Waals surface area (Å²) in [6.07, 6.45) is 1.24. The van der Waals surface area contributed by atoms with Gasteiger partial charge in [-0.25, -0.2) is 0 Å². The first-order chi connectivity index (χ1) is 38.4. The van der Waals surface area contributed by atoms with E-state index in [4.69, 9.17) is 119 Å². The highest BCUT2D eigenvalue weighted by molar-refractivity contribution is 5.49. The van der Waals surface area contributed by atoms with E-state index in [-0.39, 0.29) is 0 Å². The zero-order valence-corrected chi connectivity index (χ0v) is 46.7. The summed E-state index contributed by atoms with van der Waals surface area (Å²) < 4.78 is 131. The van der Waals surface area contributed by atoms with Crippen LogP contribution in [-0.4, -0.2) is 330 Å². The van der Waals surface area contributed by atoms with Crippen LogP contribution in [0.3, 0.4) is 0 Å². The lowest BCUT2D eigenvalue weighted by Gasteiger charge is -2.09. The predicted octanol–water partition coefficient (Wildman–Crippen LogP) is -0.0675. The predicted molar refractivity (Wildman–Crippen MR) is 279 cm³/mol. The fourth-order valence-corrected chi connectivity index (χ4v) is 5.37. The minimum Gasteiger partial charge on any atom is -0.379 e. The van der Waals surface area contributed by atoms with Gasteiger partial charge in [0.15, 0.2) is 0 Å². The molecule has 462 valence electrons. The highest BCUT2D eigenvalue weighted by Gasteiger charge is 2.00. The Labute approximate surface area is 459 Å². The number of rotatable bonds is 74. The molecule has 0 aliphatic heterocycles. The van der Waals surface area contributed by atoms with Gasteiger partial charge in [-0.05, 0) is 0 Å². The topological polar surface area (TPSA) is 265 Å². The molecule has 0 bridgehead atoms. The van der Waals surface area contributed by atoms with Crippen molar-refractivity contribution in [1.82, 2.24) is 0 Å². The molecule has 0 amide bonds. The first-order valence-corrected chi connectivity index (χ1v) is 27.4. The van der Waals surface area contributed by atoms with E-state index in [1.807, 2.05) is 0 Å². The molecule has 0 aliphatic carbocycles. The molecule has 0 unspecified atom stereocenters. The molecular weight excluding hydrogens is 1030 g/mol. The molecule has 0 atom stereocenters. The summed E-state index contributed by atoms with van der Waals surface area (Å²) in [5.41, 5.74) is 5.34. The normalized spacial score (nSPS) is 11.7. The first-order valence-electron chi connectivity index (χ1n) is 27.4. The quantitative estimate of drug-likeness (QED) is 0.0617. The van der Waals surface area contributed by atoms with Gasteiger partial charge in [0.05, 0.1) is 317 Å². The van der Waals surface area contributed by atoms with Crippen LogP contribution < -0.4 is 5.73 Å². The average molecular weight is 1130 g/mol. The number of hydrogen-bond acceptors (Lipinski definition) is 26. The number of ether oxygens (including phenoxy) is 24. The van der Waals surface area contributed by atoms with Crippen molar-refractivity contribution in [3.63, 3.8) is 0 Å². The largest absolute Gasteiger partial charge is 0.379 e. The summed E-state index contributed by atoms with van der Waals surface area (Å²) in [6.45, 7) is 24.1. The van der Waals surface area contributed by atoms with E-state index in [9.17, 15) is 4.79 Å². The van der Waals surface area contributed by atoms with E-state index in [1.54, 1.807) is 0 Å². The molecule has 0 aromatic heterocycles. The third-order valence-electron chi connectivity index (χ3n) is 9.20. The highest BCUT2D eigenvalue weighted by atomic mass is 16.6. The minimum atomic E-state index is 0.407. The lowest BCUT2D eigenvalue weighted by Crippen LogP contribution is -2.16. The van der Waals surface area contributed by atoms with Crippen molar-refractivity contribution in [3.8, 4) is 0 Å². The van der Waals surface area contributed by atoms with Crippen LogP contribution in [0.5, 0.6) is 0 Å². The molecule has 26 heteroatoms. The fourth-order valence-electron chi connectivity index (χ4n) is 5.37. The van der Waals surface area contributed by atoms with Gasteiger partial charge >= 0.3 is 0 Å². The van der Waals surface area contributed by atoms with Crippen LogP contribution in [0.2, 0.25) is 0 Å². The van der Waals surface area contributed by atoms with Gasteiger partial charge in [0.25, 0.3) is 0 Å². The van der Waals surface area contributed by atoms with Crippen molar-refractivity contribution in [3.05, 3.63) is 0 Å². The smallest absolute Gasteiger partial charge is 0.122 e. The number of nitrogens with two attached hydrogens (primary N) is 1. The second-order valence-electron chi connectivity index (χ2n) is 15.4. The molecule has 0 saturated heterocycles. The van der Waals surface area contributed by atoms with Gasteiger partial charge in [-0.2, -0.15) is 0 Å². The van der Waals surface area contributed by atoms with Gasteiger partial charge in [-0.15, -0.1) is 0 Å². The Morgan fingerprint density at radius 2 is 0.247 bits per heavy atom. The molecule has 0 aromatic rings. The van der Waals surface area contributed by atoms with Gasteiger partial charge in [-0.1, -0.05) is 0 Å². The van der Waals surface area contributed by atoms with E-state index in [0.29, 0.717) is 330 Å². The molecule has 0 rings (SSSR count). The standard InChI is InChI=1S/C51H103NO25/c52-2-5-55-7-9-57-11-13-59-15-17-61-19-21-63-23-25-65-27-29-67-31-33-69-35-37-71-39-41-73-43-45-75-47-49-77-51-50-76-48-46-74-44-42-72-40-38-70-36-34-68-32-30-66-28-26-64-24-22-62-20-18-60-16-14-58-12-10-56-8-6-54-4-1-3-53/h3H,1-2,4-52H2. The van der Waals surface area contributed by atoms with Crippen molar-refractivity contribution in [2.24, 2.45) is 5.73 Å². The summed E-state index contributed by atoms with van der Waals surface area (Å²) in [5.74, 6) is 0. The van der Waals surface area contributed by atoms with Gasteiger partial charge < -0.3 is 124 Å². The van der Waals surface area contributed by atoms with Crippen molar-refractivity contribution in [2.45, 2.75) is 6.42 Å². The Kier molecular flexibility index (Phi) is 73.4. The average Bonchev–Trinajstić information content (AvgIpc) is 3.44. The maximum atomic E-state index is 10.2. The number of aldehydes is 1. The molecule has 0 aromatic carbocycles. The van der Waals surface area contributed by atoms with Crippen LogP contribution in [0.15, 0.2) is 0 Å². The second-order valence-corrected chi connectivity index (χ2v) is 15.4. The Balaban J connectivity index is 3.08. The lowest BCUT2D eigenvalue weighted by molar-refractivity contribution is -0.109. The molecular formula is C51H103NO25. The number of carbonyl (C=O) groups is 1. The van der Waals surface area contributed by atoms with E-state index < -0.39 is 0 Å². The molecule has 0 radical (unpaired) electrons. The molecule has 0 saturated carbocycles. The van der Waals surface area contributed by atoms with Crippen LogP contribution in [0.1, 0.15) is 6.42 Å². The molecule has 0 aliphatic rings. The van der Waals surface area contributed by atoms with E-state index in [0.717, 1.165) is 6.29 Å². The van der Waals surface area contributed by atoms with E-state index in [2.05, 4.69) is 0 Å². The third-order valence-corrected chi connectivity index (χ3v) is 9.20. The molecule has 2 N–H and O–H groups in total. The fraction of sp³-hybridized carbons (Fsp3) is 0.980. The van der Waals surface area contributed by atoms with E-state index >= 15 is 0 Å². The van der Waals surface area contributed by atoms with Crippen molar-refractivity contribution in [2.75, 3.05) is 324 Å². The summed E-state index contributed by atoms with van der Waals surface area (Å²) in [4.78, 5) is 10.2. The summed E-state index contributed by atoms with van der Waals surface area (Å²) in [7, 11) is 0. The zero-order chi connectivity index (χ0) is 55.0. The molecule has 0 spiro atoms. The molecule has 26 nitrogen and oxygen atoms in total. The van der Waals surface area contributed by atoms with Crippen LogP contribution in [0, 0.1) is 0 Å². The SMILES string of the molecule is NCCOCCOCCOCCOCCOCCOCCOCCOCCOCCOCCOCCOCCOCCOCCOCCOCCOCCOCCOCCOCCOCCOCCOCCOCCC=O. The summed E-state index contributed by atoms with van der Waals surface area (Å²) in [6, 6.07) is 0. The Hall–Kier alpha value is -1.33. The minimum absolute atomic E-state index is 0.407. The van der Waals surface area contributed by atoms with Crippen molar-refractivity contribution < 1.29 is 118 Å². The number of carbonyl (C=O) groups excluding carboxylic acids is 1. The maximum absolute atomic E-state index is 10.2. The molecule has 77 heavy (non-hydrogen) atoms. The van der Waals surface area contributed by atoms with Gasteiger partial charge in [0.2, 0.25) is 0 Å². The lowest BCUT2D eigenvalue weighted by atomic mass is 10.5. The summed E-state index contributed by atoms with van der Waals surface area (Å²) >= 11 is 0. The molecule has 0 fully saturated rings. The van der Waals surface area contributed by atoms with Crippen LogP contribution in [0.25, 0.3) is 0 Å². The van der Waals surface area contributed by atoms with Crippen LogP contribution in [-0.2, 0) is 118 Å². The second kappa shape index (κ2) is 74.7. The van der Waals surface area contributed by atoms with Crippen LogP contribution >= 0.6 is 0 Å². The summed E-state index contributed by atoms with van der Waals surface area (Å²) in [5, 5.41) is 0. The van der Waals surface area contributed by atoms with Crippen molar-refractivity contribution >= 4 is 6.29 Å². The zero-order valence-electron chi connectivity index (χ0n) is 46.7. The Morgan fingerprint density at radius 3 is 0.338 bits per heavy atom. The van der Waals surface area contributed by atoms with Crippen LogP contribution in [0.4, 0.5) is 0 Å². The van der Waals surface area contributed by atoms with Crippen molar-refractivity contribution in [1.29, 1.82) is 0 Å². The monoisotopic (exact) mass is 1130 g/mol. The Morgan fingerprint density at radius 1 is 0.156 bits per heavy atom. The first kappa shape index (κ1) is 75.7. The van der Waals surface area contributed by atoms with Gasteiger partial charge in [0, 0.05) is 13.0 Å². The van der Waals surface area contributed by atoms with Gasteiger partial charge in [-0.3, -0.25) is 0 Å². The number of hydrogen-bond donors (Lipinski definition) is 1. The van der Waals surface area contributed by atoms with Gasteiger partial charge in [0.1, 0.15) is 6.29 Å². The maximum Gasteiger partial charge on any atom is 0.122 e. The van der Waals surface area contributed by atoms with E-state index in [1.165, 1.54) is 0 Å². The molecule has 0 heterocycles. The highest BCUT2D eigenvalue weighted by Crippen LogP contribution is 1.91.